The van der Waals surface area contributed by atoms with Crippen LogP contribution in [0.15, 0.2) is 24.3 Å². The van der Waals surface area contributed by atoms with Crippen molar-refractivity contribution in [3.05, 3.63) is 35.4 Å². The Hall–Kier alpha value is -1.26. The molecule has 1 aromatic carbocycles. The van der Waals surface area contributed by atoms with Gasteiger partial charge < -0.3 is 5.73 Å². The maximum atomic E-state index is 5.94. The van der Waals surface area contributed by atoms with Crippen LogP contribution in [-0.2, 0) is 6.42 Å². The highest BCUT2D eigenvalue weighted by Gasteiger charge is 2.01. The molecular weight excluding hydrogens is 182 g/mol. The summed E-state index contributed by atoms with van der Waals surface area (Å²) in [6.45, 7) is 2.10. The average Bonchev–Trinajstić information content (AvgIpc) is 2.25. The molecular formula is C14H19N. The molecule has 0 aliphatic carbocycles. The fourth-order valence-electron chi connectivity index (χ4n) is 1.52. The summed E-state index contributed by atoms with van der Waals surface area (Å²) in [6, 6.07) is 8.86. The van der Waals surface area contributed by atoms with Gasteiger partial charge in [-0.15, -0.1) is 12.3 Å². The third-order valence-electron chi connectivity index (χ3n) is 2.58. The molecule has 1 rings (SSSR count). The van der Waals surface area contributed by atoms with Crippen molar-refractivity contribution in [2.24, 2.45) is 5.73 Å². The van der Waals surface area contributed by atoms with E-state index in [1.54, 1.807) is 0 Å². The van der Waals surface area contributed by atoms with Gasteiger partial charge in [0.2, 0.25) is 0 Å². The van der Waals surface area contributed by atoms with E-state index in [4.69, 9.17) is 12.2 Å². The predicted octanol–water partition coefficient (Wildman–Crippen LogP) is 2.67. The van der Waals surface area contributed by atoms with Crippen molar-refractivity contribution in [1.82, 2.24) is 0 Å². The average molecular weight is 201 g/mol. The molecule has 0 bridgehead atoms. The lowest BCUT2D eigenvalue weighted by atomic mass is 10.0. The molecule has 1 heteroatoms. The van der Waals surface area contributed by atoms with E-state index in [1.165, 1.54) is 11.1 Å². The van der Waals surface area contributed by atoms with E-state index in [0.717, 1.165) is 25.7 Å². The molecule has 0 amide bonds. The first-order chi connectivity index (χ1) is 7.22. The van der Waals surface area contributed by atoms with Crippen molar-refractivity contribution in [3.8, 4) is 12.3 Å². The summed E-state index contributed by atoms with van der Waals surface area (Å²) < 4.78 is 0. The van der Waals surface area contributed by atoms with E-state index in [0.29, 0.717) is 0 Å². The number of benzene rings is 1. The van der Waals surface area contributed by atoms with E-state index < -0.39 is 0 Å². The molecule has 15 heavy (non-hydrogen) atoms. The van der Waals surface area contributed by atoms with E-state index in [2.05, 4.69) is 37.1 Å². The maximum Gasteiger partial charge on any atom is 0.0101 e. The van der Waals surface area contributed by atoms with Crippen LogP contribution in [0, 0.1) is 19.3 Å². The molecule has 1 nitrogen and oxygen atoms in total. The normalized spacial score (nSPS) is 12.1. The molecule has 0 aromatic heterocycles. The maximum absolute atomic E-state index is 5.94. The molecule has 0 aliphatic rings. The van der Waals surface area contributed by atoms with Gasteiger partial charge in [0.1, 0.15) is 0 Å². The summed E-state index contributed by atoms with van der Waals surface area (Å²) in [5, 5.41) is 0. The van der Waals surface area contributed by atoms with Gasteiger partial charge in [-0.1, -0.05) is 29.8 Å². The number of terminal acetylenes is 1. The van der Waals surface area contributed by atoms with Crippen molar-refractivity contribution in [2.75, 3.05) is 0 Å². The first-order valence-corrected chi connectivity index (χ1v) is 5.47. The Morgan fingerprint density at radius 2 is 1.93 bits per heavy atom. The molecule has 1 atom stereocenters. The van der Waals surface area contributed by atoms with Crippen molar-refractivity contribution < 1.29 is 0 Å². The quantitative estimate of drug-likeness (QED) is 0.728. The summed E-state index contributed by atoms with van der Waals surface area (Å²) in [5.74, 6) is 2.62. The van der Waals surface area contributed by atoms with Crippen LogP contribution >= 0.6 is 0 Å². The van der Waals surface area contributed by atoms with Crippen LogP contribution in [0.5, 0.6) is 0 Å². The van der Waals surface area contributed by atoms with Crippen molar-refractivity contribution in [3.63, 3.8) is 0 Å². The lowest BCUT2D eigenvalue weighted by molar-refractivity contribution is 0.578. The lowest BCUT2D eigenvalue weighted by Crippen LogP contribution is -2.20. The smallest absolute Gasteiger partial charge is 0.0101 e. The number of rotatable bonds is 5. The summed E-state index contributed by atoms with van der Waals surface area (Å²) in [5.41, 5.74) is 8.60. The SMILES string of the molecule is C#CCCC(N)CCc1ccc(C)cc1. The second-order valence-corrected chi connectivity index (χ2v) is 4.03. The van der Waals surface area contributed by atoms with Gasteiger partial charge in [0.05, 0.1) is 0 Å². The largest absolute Gasteiger partial charge is 0.328 e. The summed E-state index contributed by atoms with van der Waals surface area (Å²) in [7, 11) is 0. The Morgan fingerprint density at radius 3 is 2.53 bits per heavy atom. The standard InChI is InChI=1S/C14H19N/c1-3-4-5-14(15)11-10-13-8-6-12(2)7-9-13/h1,6-9,14H,4-5,10-11,15H2,2H3. The van der Waals surface area contributed by atoms with Gasteiger partial charge in [0.25, 0.3) is 0 Å². The molecule has 0 saturated carbocycles. The summed E-state index contributed by atoms with van der Waals surface area (Å²) in [4.78, 5) is 0. The summed E-state index contributed by atoms with van der Waals surface area (Å²) in [6.07, 6.45) is 8.98. The fourth-order valence-corrected chi connectivity index (χ4v) is 1.52. The van der Waals surface area contributed by atoms with Gasteiger partial charge in [-0.25, -0.2) is 0 Å². The minimum atomic E-state index is 0.238. The van der Waals surface area contributed by atoms with Crippen LogP contribution in [0.4, 0.5) is 0 Å². The molecule has 80 valence electrons. The van der Waals surface area contributed by atoms with Gasteiger partial charge in [0, 0.05) is 12.5 Å². The van der Waals surface area contributed by atoms with Gasteiger partial charge in [0.15, 0.2) is 0 Å². The molecule has 0 aliphatic heterocycles. The molecule has 0 fully saturated rings. The molecule has 1 aromatic rings. The molecule has 0 saturated heterocycles. The van der Waals surface area contributed by atoms with Crippen LogP contribution in [-0.4, -0.2) is 6.04 Å². The predicted molar refractivity (Wildman–Crippen MR) is 65.5 cm³/mol. The highest BCUT2D eigenvalue weighted by atomic mass is 14.6. The Morgan fingerprint density at radius 1 is 1.27 bits per heavy atom. The Balaban J connectivity index is 2.31. The van der Waals surface area contributed by atoms with Gasteiger partial charge in [-0.05, 0) is 31.7 Å². The summed E-state index contributed by atoms with van der Waals surface area (Å²) >= 11 is 0. The second kappa shape index (κ2) is 6.27. The van der Waals surface area contributed by atoms with Crippen LogP contribution in [0.2, 0.25) is 0 Å². The Bertz CT molecular complexity index is 318. The number of nitrogens with two attached hydrogens (primary N) is 1. The minimum Gasteiger partial charge on any atom is -0.328 e. The van der Waals surface area contributed by atoms with Crippen LogP contribution in [0.25, 0.3) is 0 Å². The van der Waals surface area contributed by atoms with E-state index in [9.17, 15) is 0 Å². The topological polar surface area (TPSA) is 26.0 Å². The lowest BCUT2D eigenvalue weighted by Gasteiger charge is -2.09. The Kier molecular flexibility index (Phi) is 4.93. The van der Waals surface area contributed by atoms with Crippen molar-refractivity contribution in [2.45, 2.75) is 38.6 Å². The van der Waals surface area contributed by atoms with Gasteiger partial charge in [-0.2, -0.15) is 0 Å². The second-order valence-electron chi connectivity index (χ2n) is 4.03. The molecule has 0 spiro atoms. The van der Waals surface area contributed by atoms with E-state index in [-0.39, 0.29) is 6.04 Å². The Labute approximate surface area is 92.7 Å². The molecule has 0 heterocycles. The minimum absolute atomic E-state index is 0.238. The fraction of sp³-hybridized carbons (Fsp3) is 0.429. The third kappa shape index (κ3) is 4.67. The van der Waals surface area contributed by atoms with E-state index >= 15 is 0 Å². The molecule has 1 unspecified atom stereocenters. The first-order valence-electron chi connectivity index (χ1n) is 5.47. The highest BCUT2D eigenvalue weighted by Crippen LogP contribution is 2.08. The van der Waals surface area contributed by atoms with Crippen LogP contribution in [0.3, 0.4) is 0 Å². The number of hydrogen-bond donors (Lipinski definition) is 1. The van der Waals surface area contributed by atoms with Gasteiger partial charge in [-0.3, -0.25) is 0 Å². The van der Waals surface area contributed by atoms with E-state index in [1.807, 2.05) is 0 Å². The molecule has 2 N–H and O–H groups in total. The number of aryl methyl sites for hydroxylation is 2. The first kappa shape index (κ1) is 11.8. The van der Waals surface area contributed by atoms with Crippen molar-refractivity contribution >= 4 is 0 Å². The zero-order valence-corrected chi connectivity index (χ0v) is 9.37. The monoisotopic (exact) mass is 201 g/mol. The third-order valence-corrected chi connectivity index (χ3v) is 2.58. The van der Waals surface area contributed by atoms with Crippen LogP contribution < -0.4 is 5.73 Å². The highest BCUT2D eigenvalue weighted by molar-refractivity contribution is 5.21. The van der Waals surface area contributed by atoms with Crippen molar-refractivity contribution in [1.29, 1.82) is 0 Å². The number of hydrogen-bond acceptors (Lipinski definition) is 1. The van der Waals surface area contributed by atoms with Gasteiger partial charge >= 0.3 is 0 Å². The van der Waals surface area contributed by atoms with Crippen LogP contribution in [0.1, 0.15) is 30.4 Å². The zero-order valence-electron chi connectivity index (χ0n) is 9.37. The zero-order chi connectivity index (χ0) is 11.1. The molecule has 0 radical (unpaired) electrons.